The number of para-hydroxylation sites is 1. The fourth-order valence-corrected chi connectivity index (χ4v) is 4.83. The summed E-state index contributed by atoms with van der Waals surface area (Å²) < 4.78 is 2.90. The van der Waals surface area contributed by atoms with Gasteiger partial charge in [0.1, 0.15) is 10.5 Å². The number of nitrogens with one attached hydrogen (secondary N) is 1. The first-order valence-corrected chi connectivity index (χ1v) is 11.3. The number of rotatable bonds is 5. The minimum absolute atomic E-state index is 0.158. The number of hydrogen-bond acceptors (Lipinski definition) is 4. The Balaban J connectivity index is 1.38. The number of carbonyl (C=O) groups is 1. The number of hydrogen-bond donors (Lipinski definition) is 1. The van der Waals surface area contributed by atoms with Crippen LogP contribution in [0.25, 0.3) is 38.1 Å². The predicted octanol–water partition coefficient (Wildman–Crippen LogP) is 4.78. The molecular formula is C25H22N4O2S. The van der Waals surface area contributed by atoms with E-state index in [-0.39, 0.29) is 18.0 Å². The summed E-state index contributed by atoms with van der Waals surface area (Å²) in [6.45, 7) is 3.27. The first-order chi connectivity index (χ1) is 15.5. The molecule has 0 unspecified atom stereocenters. The van der Waals surface area contributed by atoms with Gasteiger partial charge in [0.15, 0.2) is 0 Å². The summed E-state index contributed by atoms with van der Waals surface area (Å²) >= 11 is 1.36. The number of amides is 1. The maximum Gasteiger partial charge on any atom is 0.268 e. The molecule has 1 amide bonds. The quantitative estimate of drug-likeness (QED) is 0.398. The smallest absolute Gasteiger partial charge is 0.268 e. The summed E-state index contributed by atoms with van der Waals surface area (Å²) in [5.41, 5.74) is 3.85. The highest BCUT2D eigenvalue weighted by molar-refractivity contribution is 7.17. The van der Waals surface area contributed by atoms with Gasteiger partial charge in [0, 0.05) is 41.5 Å². The van der Waals surface area contributed by atoms with Crippen molar-refractivity contribution in [1.29, 1.82) is 0 Å². The number of fused-ring (bicyclic) bond motifs is 4. The molecule has 1 N–H and O–H groups in total. The third-order valence-electron chi connectivity index (χ3n) is 5.66. The molecule has 0 aliphatic carbocycles. The second-order valence-corrected chi connectivity index (χ2v) is 8.63. The molecule has 2 aromatic carbocycles. The van der Waals surface area contributed by atoms with E-state index >= 15 is 0 Å². The zero-order chi connectivity index (χ0) is 22.2. The van der Waals surface area contributed by atoms with Gasteiger partial charge in [-0.3, -0.25) is 9.59 Å². The van der Waals surface area contributed by atoms with Crippen LogP contribution in [0.4, 0.5) is 0 Å². The minimum Gasteiger partial charge on any atom is -0.341 e. The van der Waals surface area contributed by atoms with Crippen LogP contribution in [0.1, 0.15) is 18.3 Å². The van der Waals surface area contributed by atoms with Gasteiger partial charge in [0.25, 0.3) is 5.56 Å². The van der Waals surface area contributed by atoms with Crippen molar-refractivity contribution in [2.75, 3.05) is 7.05 Å². The summed E-state index contributed by atoms with van der Waals surface area (Å²) in [5.74, 6) is 0.313. The van der Waals surface area contributed by atoms with Gasteiger partial charge in [-0.15, -0.1) is 11.3 Å². The van der Waals surface area contributed by atoms with Crippen LogP contribution in [0.5, 0.6) is 0 Å². The third kappa shape index (κ3) is 3.50. The first-order valence-electron chi connectivity index (χ1n) is 10.5. The average Bonchev–Trinajstić information content (AvgIpc) is 3.40. The van der Waals surface area contributed by atoms with Gasteiger partial charge in [-0.2, -0.15) is 0 Å². The number of aromatic nitrogens is 3. The van der Waals surface area contributed by atoms with E-state index in [0.717, 1.165) is 12.1 Å². The maximum absolute atomic E-state index is 12.7. The highest BCUT2D eigenvalue weighted by Gasteiger charge is 2.11. The number of carbonyl (C=O) groups excluding carboxylic acids is 1. The van der Waals surface area contributed by atoms with Crippen molar-refractivity contribution in [2.45, 2.75) is 20.0 Å². The normalized spacial score (nSPS) is 11.8. The number of benzene rings is 2. The lowest BCUT2D eigenvalue weighted by Crippen LogP contribution is -2.26. The molecule has 0 atom stereocenters. The summed E-state index contributed by atoms with van der Waals surface area (Å²) in [5, 5.41) is 4.22. The van der Waals surface area contributed by atoms with Crippen molar-refractivity contribution < 1.29 is 4.79 Å². The Hall–Kier alpha value is -3.71. The van der Waals surface area contributed by atoms with Crippen LogP contribution >= 0.6 is 11.3 Å². The molecule has 160 valence electrons. The number of nitrogens with zero attached hydrogens (tertiary/aromatic N) is 3. The Morgan fingerprint density at radius 1 is 1.16 bits per heavy atom. The fourth-order valence-electron chi connectivity index (χ4n) is 4.11. The van der Waals surface area contributed by atoms with E-state index in [2.05, 4.69) is 57.9 Å². The fraction of sp³-hybridized carbons (Fsp3) is 0.160. The van der Waals surface area contributed by atoms with Gasteiger partial charge in [-0.25, -0.2) is 4.98 Å². The van der Waals surface area contributed by atoms with Gasteiger partial charge in [-0.1, -0.05) is 24.3 Å². The zero-order valence-electron chi connectivity index (χ0n) is 17.8. The zero-order valence-corrected chi connectivity index (χ0v) is 18.6. The van der Waals surface area contributed by atoms with Crippen LogP contribution in [0, 0.1) is 0 Å². The Kier molecular flexibility index (Phi) is 5.11. The van der Waals surface area contributed by atoms with Crippen molar-refractivity contribution in [3.63, 3.8) is 0 Å². The summed E-state index contributed by atoms with van der Waals surface area (Å²) in [6, 6.07) is 16.4. The van der Waals surface area contributed by atoms with Crippen molar-refractivity contribution in [2.24, 2.45) is 0 Å². The van der Waals surface area contributed by atoms with E-state index in [1.54, 1.807) is 13.1 Å². The molecule has 6 nitrogen and oxygen atoms in total. The molecule has 3 aromatic heterocycles. The molecule has 32 heavy (non-hydrogen) atoms. The van der Waals surface area contributed by atoms with E-state index < -0.39 is 0 Å². The molecule has 0 radical (unpaired) electrons. The number of thiophene rings is 1. The highest BCUT2D eigenvalue weighted by atomic mass is 32.1. The molecule has 0 saturated heterocycles. The van der Waals surface area contributed by atoms with Crippen LogP contribution < -0.4 is 5.56 Å². The molecular weight excluding hydrogens is 420 g/mol. The monoisotopic (exact) mass is 442 g/mol. The Morgan fingerprint density at radius 2 is 1.97 bits per heavy atom. The van der Waals surface area contributed by atoms with Gasteiger partial charge in [-0.05, 0) is 48.2 Å². The van der Waals surface area contributed by atoms with E-state index in [0.29, 0.717) is 16.0 Å². The van der Waals surface area contributed by atoms with Crippen LogP contribution in [0.3, 0.4) is 0 Å². The number of aromatic amines is 1. The topological polar surface area (TPSA) is 71.0 Å². The first kappa shape index (κ1) is 20.2. The Morgan fingerprint density at radius 3 is 2.81 bits per heavy atom. The molecule has 0 aliphatic rings. The van der Waals surface area contributed by atoms with Crippen molar-refractivity contribution in [1.82, 2.24) is 19.4 Å². The van der Waals surface area contributed by atoms with Gasteiger partial charge < -0.3 is 14.5 Å². The standard InChI is InChI=1S/C25H22N4O2S/c1-3-29-20-7-5-4-6-17(20)18-14-16(8-10-21(18)29)9-11-23(30)28(2)15-22-26-19-12-13-32-24(19)25(31)27-22/h4-14H,3,15H2,1-2H3,(H,26,27,31)/b11-9+. The third-order valence-corrected chi connectivity index (χ3v) is 6.56. The molecule has 0 spiro atoms. The Bertz CT molecular complexity index is 1560. The van der Waals surface area contributed by atoms with Crippen molar-refractivity contribution >= 4 is 55.3 Å². The molecule has 7 heteroatoms. The van der Waals surface area contributed by atoms with Crippen LogP contribution in [0.15, 0.2) is 64.8 Å². The number of H-pyrrole nitrogens is 1. The number of aryl methyl sites for hydroxylation is 1. The second kappa shape index (κ2) is 8.09. The van der Waals surface area contributed by atoms with E-state index in [1.807, 2.05) is 23.6 Å². The second-order valence-electron chi connectivity index (χ2n) is 7.71. The largest absolute Gasteiger partial charge is 0.341 e. The van der Waals surface area contributed by atoms with Crippen molar-refractivity contribution in [3.05, 3.63) is 81.7 Å². The lowest BCUT2D eigenvalue weighted by atomic mass is 10.1. The minimum atomic E-state index is -0.170. The lowest BCUT2D eigenvalue weighted by molar-refractivity contribution is -0.125. The molecule has 0 aliphatic heterocycles. The SMILES string of the molecule is CCn1c2ccccc2c2cc(/C=C/C(=O)N(C)Cc3nc4ccsc4c(=O)[nH]3)ccc21. The van der Waals surface area contributed by atoms with E-state index in [1.165, 1.54) is 38.0 Å². The molecule has 5 rings (SSSR count). The molecule has 5 aromatic rings. The lowest BCUT2D eigenvalue weighted by Gasteiger charge is -2.14. The van der Waals surface area contributed by atoms with Crippen LogP contribution in [0.2, 0.25) is 0 Å². The van der Waals surface area contributed by atoms with Gasteiger partial charge >= 0.3 is 0 Å². The summed E-state index contributed by atoms with van der Waals surface area (Å²) in [7, 11) is 1.70. The van der Waals surface area contributed by atoms with Crippen molar-refractivity contribution in [3.8, 4) is 0 Å². The summed E-state index contributed by atoms with van der Waals surface area (Å²) in [4.78, 5) is 33.6. The van der Waals surface area contributed by atoms with Crippen LogP contribution in [-0.4, -0.2) is 32.4 Å². The average molecular weight is 443 g/mol. The summed E-state index contributed by atoms with van der Waals surface area (Å²) in [6.07, 6.45) is 3.38. The predicted molar refractivity (Wildman–Crippen MR) is 131 cm³/mol. The molecule has 0 saturated carbocycles. The maximum atomic E-state index is 12.7. The Labute approximate surface area is 188 Å². The van der Waals surface area contributed by atoms with E-state index in [9.17, 15) is 9.59 Å². The molecule has 0 bridgehead atoms. The van der Waals surface area contributed by atoms with Gasteiger partial charge in [0.2, 0.25) is 5.91 Å². The number of likely N-dealkylation sites (N-methyl/N-ethyl adjacent to an activating group) is 1. The van der Waals surface area contributed by atoms with Gasteiger partial charge in [0.05, 0.1) is 12.1 Å². The van der Waals surface area contributed by atoms with E-state index in [4.69, 9.17) is 0 Å². The molecule has 0 fully saturated rings. The highest BCUT2D eigenvalue weighted by Crippen LogP contribution is 2.30. The van der Waals surface area contributed by atoms with Crippen LogP contribution in [-0.2, 0) is 17.9 Å². The molecule has 3 heterocycles.